The van der Waals surface area contributed by atoms with Crippen LogP contribution in [0.1, 0.15) is 12.5 Å². The number of hydrogen-bond donors (Lipinski definition) is 5. The fourth-order valence-electron chi connectivity index (χ4n) is 4.67. The highest BCUT2D eigenvalue weighted by Crippen LogP contribution is 2.53. The number of methoxy groups -OCH3 is 1. The van der Waals surface area contributed by atoms with Crippen LogP contribution in [0.2, 0.25) is 0 Å². The van der Waals surface area contributed by atoms with Gasteiger partial charge in [0.05, 0.1) is 19.5 Å². The molecular weight excluding hydrogens is 571 g/mol. The Hall–Kier alpha value is -3.10. The number of phosphoric acid groups is 1. The zero-order chi connectivity index (χ0) is 29.5. The van der Waals surface area contributed by atoms with E-state index in [9.17, 15) is 24.7 Å². The summed E-state index contributed by atoms with van der Waals surface area (Å²) in [4.78, 5) is 28.0. The second-order valence-electron chi connectivity index (χ2n) is 9.12. The summed E-state index contributed by atoms with van der Waals surface area (Å²) in [6.07, 6.45) is -5.96. The number of nitrogens with zero attached hydrogens (tertiary/aromatic N) is 6. The van der Waals surface area contributed by atoms with Gasteiger partial charge >= 0.3 is 13.5 Å². The third kappa shape index (κ3) is 5.44. The summed E-state index contributed by atoms with van der Waals surface area (Å²) in [5.74, 6) is 0.107. The van der Waals surface area contributed by atoms with Crippen LogP contribution in [0.5, 0.6) is 0 Å². The first-order valence-electron chi connectivity index (χ1n) is 12.2. The molecule has 3 aromatic heterocycles. The van der Waals surface area contributed by atoms with Gasteiger partial charge in [0, 0.05) is 20.4 Å². The highest BCUT2D eigenvalue weighted by Gasteiger charge is 2.51. The topological polar surface area (TPSA) is 264 Å². The van der Waals surface area contributed by atoms with Gasteiger partial charge in [-0.05, 0) is 6.07 Å². The first-order valence-corrected chi connectivity index (χ1v) is 13.6. The molecular formula is C21H29N8O11P. The minimum atomic E-state index is -4.43. The van der Waals surface area contributed by atoms with Crippen molar-refractivity contribution in [3.8, 4) is 0 Å². The van der Waals surface area contributed by atoms with Crippen molar-refractivity contribution in [2.75, 3.05) is 38.9 Å². The first kappa shape index (κ1) is 29.4. The van der Waals surface area contributed by atoms with Gasteiger partial charge in [0.2, 0.25) is 0 Å². The molecule has 0 radical (unpaired) electrons. The number of fused-ring (bicyclic) bond motifs is 1. The van der Waals surface area contributed by atoms with E-state index >= 15 is 0 Å². The Morgan fingerprint density at radius 3 is 2.49 bits per heavy atom. The average Bonchev–Trinajstić information content (AvgIpc) is 3.62. The average molecular weight is 600 g/mol. The first-order chi connectivity index (χ1) is 19.6. The van der Waals surface area contributed by atoms with Crippen LogP contribution in [0, 0.1) is 0 Å². The summed E-state index contributed by atoms with van der Waals surface area (Å²) < 4.78 is 49.3. The van der Waals surface area contributed by atoms with Crippen molar-refractivity contribution in [2.24, 2.45) is 0 Å². The summed E-state index contributed by atoms with van der Waals surface area (Å²) in [7, 11) is -2.00. The lowest BCUT2D eigenvalue weighted by Crippen LogP contribution is -2.38. The summed E-state index contributed by atoms with van der Waals surface area (Å²) in [6, 6.07) is 1.32. The molecule has 9 atom stereocenters. The number of imidazole rings is 1. The van der Waals surface area contributed by atoms with E-state index in [0.29, 0.717) is 11.2 Å². The van der Waals surface area contributed by atoms with E-state index in [2.05, 4.69) is 19.9 Å². The Balaban J connectivity index is 1.31. The molecule has 20 heteroatoms. The number of nitrogen functional groups attached to an aromatic ring is 2. The maximum atomic E-state index is 13.5. The Kier molecular flexibility index (Phi) is 8.35. The quantitative estimate of drug-likeness (QED) is 0.156. The largest absolute Gasteiger partial charge is 0.475 e. The van der Waals surface area contributed by atoms with E-state index in [1.165, 1.54) is 36.6 Å². The van der Waals surface area contributed by atoms with Crippen LogP contribution < -0.4 is 17.2 Å². The molecule has 7 N–H and O–H groups in total. The normalized spacial score (nSPS) is 31.5. The number of hydrogen-bond acceptors (Lipinski definition) is 17. The molecule has 5 rings (SSSR count). The van der Waals surface area contributed by atoms with Crippen LogP contribution in [0.4, 0.5) is 11.6 Å². The lowest BCUT2D eigenvalue weighted by Gasteiger charge is -2.27. The van der Waals surface area contributed by atoms with E-state index in [4.69, 9.17) is 39.2 Å². The highest BCUT2D eigenvalue weighted by molar-refractivity contribution is 7.48. The second-order valence-corrected chi connectivity index (χ2v) is 10.8. The van der Waals surface area contributed by atoms with Crippen molar-refractivity contribution in [1.82, 2.24) is 29.1 Å². The molecule has 2 fully saturated rings. The van der Waals surface area contributed by atoms with Crippen molar-refractivity contribution < 1.29 is 47.7 Å². The molecule has 0 amide bonds. The predicted molar refractivity (Wildman–Crippen MR) is 136 cm³/mol. The van der Waals surface area contributed by atoms with Crippen LogP contribution in [0.15, 0.2) is 29.7 Å². The zero-order valence-corrected chi connectivity index (χ0v) is 22.6. The molecule has 3 aromatic rings. The smallest absolute Gasteiger partial charge is 0.394 e. The molecule has 0 bridgehead atoms. The summed E-state index contributed by atoms with van der Waals surface area (Å²) >= 11 is 0. The molecule has 2 saturated heterocycles. The summed E-state index contributed by atoms with van der Waals surface area (Å²) in [5.41, 5.74) is 11.2. The van der Waals surface area contributed by atoms with Gasteiger partial charge in [0.25, 0.3) is 0 Å². The maximum Gasteiger partial charge on any atom is 0.475 e. The van der Waals surface area contributed by atoms with Crippen LogP contribution in [0.3, 0.4) is 0 Å². The third-order valence-corrected chi connectivity index (χ3v) is 8.15. The van der Waals surface area contributed by atoms with Gasteiger partial charge in [-0.3, -0.25) is 22.7 Å². The van der Waals surface area contributed by atoms with Crippen molar-refractivity contribution in [3.63, 3.8) is 0 Å². The van der Waals surface area contributed by atoms with Gasteiger partial charge in [-0.1, -0.05) is 0 Å². The third-order valence-electron chi connectivity index (χ3n) is 6.73. The van der Waals surface area contributed by atoms with Crippen LogP contribution in [-0.2, 0) is 32.3 Å². The summed E-state index contributed by atoms with van der Waals surface area (Å²) in [6.45, 7) is -1.14. The fourth-order valence-corrected chi connectivity index (χ4v) is 5.81. The molecule has 5 heterocycles. The molecule has 19 nitrogen and oxygen atoms in total. The minimum Gasteiger partial charge on any atom is -0.394 e. The minimum absolute atomic E-state index is 0.0374. The number of anilines is 2. The van der Waals surface area contributed by atoms with Gasteiger partial charge < -0.3 is 41.0 Å². The Labute approximate surface area is 231 Å². The monoisotopic (exact) mass is 600 g/mol. The second kappa shape index (κ2) is 11.6. The van der Waals surface area contributed by atoms with Crippen molar-refractivity contribution in [1.29, 1.82) is 0 Å². The highest BCUT2D eigenvalue weighted by atomic mass is 31.2. The molecule has 0 spiro atoms. The molecule has 41 heavy (non-hydrogen) atoms. The van der Waals surface area contributed by atoms with Gasteiger partial charge in [-0.2, -0.15) is 4.98 Å². The van der Waals surface area contributed by atoms with E-state index in [0.717, 1.165) is 11.7 Å². The zero-order valence-electron chi connectivity index (χ0n) is 21.7. The molecule has 0 aromatic carbocycles. The molecule has 0 aliphatic carbocycles. The van der Waals surface area contributed by atoms with E-state index in [1.807, 2.05) is 0 Å². The SMILES string of the molecule is CO[C@@H]1[C@H](OP(=O)(OC)OC[C@H]2O[C@@H](n3ccc(N)nc3=O)[C@H](O)[C@@H]2O)[C@@H](CO)O[C@H]1n1cnc2c(N)ncnc21. The molecule has 0 saturated carbocycles. The van der Waals surface area contributed by atoms with E-state index < -0.39 is 75.8 Å². The molecule has 224 valence electrons. The van der Waals surface area contributed by atoms with Crippen molar-refractivity contribution in [2.45, 2.75) is 49.1 Å². The van der Waals surface area contributed by atoms with Crippen LogP contribution >= 0.6 is 7.82 Å². The number of ether oxygens (including phenoxy) is 3. The van der Waals surface area contributed by atoms with E-state index in [1.54, 1.807) is 0 Å². The van der Waals surface area contributed by atoms with Crippen molar-refractivity contribution >= 4 is 30.6 Å². The van der Waals surface area contributed by atoms with Gasteiger partial charge in [0.15, 0.2) is 23.9 Å². The van der Waals surface area contributed by atoms with Gasteiger partial charge in [0.1, 0.15) is 54.3 Å². The molecule has 2 aliphatic heterocycles. The number of phosphoric ester groups is 1. The lowest BCUT2D eigenvalue weighted by molar-refractivity contribution is -0.0623. The van der Waals surface area contributed by atoms with Crippen molar-refractivity contribution in [3.05, 3.63) is 35.4 Å². The number of aromatic nitrogens is 6. The number of rotatable bonds is 10. The number of aliphatic hydroxyl groups excluding tert-OH is 3. The predicted octanol–water partition coefficient (Wildman–Crippen LogP) is -2.07. The number of aliphatic hydroxyl groups is 3. The Bertz CT molecular complexity index is 1490. The van der Waals surface area contributed by atoms with Crippen LogP contribution in [0.25, 0.3) is 11.2 Å². The Morgan fingerprint density at radius 2 is 1.80 bits per heavy atom. The Morgan fingerprint density at radius 1 is 1.05 bits per heavy atom. The number of nitrogens with two attached hydrogens (primary N) is 2. The fraction of sp³-hybridized carbons (Fsp3) is 0.571. The van der Waals surface area contributed by atoms with Gasteiger partial charge in [-0.15, -0.1) is 0 Å². The van der Waals surface area contributed by atoms with Gasteiger partial charge in [-0.25, -0.2) is 24.3 Å². The molecule has 1 unspecified atom stereocenters. The van der Waals surface area contributed by atoms with Crippen LogP contribution in [-0.4, -0.2) is 108 Å². The lowest BCUT2D eigenvalue weighted by atomic mass is 10.1. The molecule has 2 aliphatic rings. The summed E-state index contributed by atoms with van der Waals surface area (Å²) in [5, 5.41) is 31.0. The maximum absolute atomic E-state index is 13.5. The standard InChI is InChI=1S/C21H29N8O11P/c1-35-16-15(9(5-30)38-20(16)29-8-26-12-17(23)24-7-25-18(12)29)40-41(34,36-2)37-6-10-13(31)14(32)19(39-10)28-4-3-11(22)27-21(28)33/h3-4,7-10,13-16,19-20,30-32H,5-6H2,1-2H3,(H2,22,27,33)(H2,23,24,25)/t9-,10-,13-,14-,15-,16-,19-,20-,41?/m1/s1. The van der Waals surface area contributed by atoms with E-state index in [-0.39, 0.29) is 11.6 Å².